The minimum atomic E-state index is -0.245. The Balaban J connectivity index is 1.59. The van der Waals surface area contributed by atoms with Gasteiger partial charge in [-0.05, 0) is 44.0 Å². The lowest BCUT2D eigenvalue weighted by atomic mass is 10.2. The molecule has 0 radical (unpaired) electrons. The molecule has 0 spiro atoms. The highest BCUT2D eigenvalue weighted by atomic mass is 79.9. The van der Waals surface area contributed by atoms with Crippen molar-refractivity contribution < 1.29 is 9.32 Å². The van der Waals surface area contributed by atoms with Gasteiger partial charge >= 0.3 is 0 Å². The number of carbonyl (C=O) groups is 1. The molecule has 2 heterocycles. The maximum Gasteiger partial charge on any atom is 0.274 e. The van der Waals surface area contributed by atoms with Crippen LogP contribution in [0.4, 0.5) is 0 Å². The Labute approximate surface area is 152 Å². The van der Waals surface area contributed by atoms with Gasteiger partial charge in [0.25, 0.3) is 5.91 Å². The summed E-state index contributed by atoms with van der Waals surface area (Å²) in [6.07, 6.45) is 2.10. The van der Waals surface area contributed by atoms with Gasteiger partial charge in [-0.3, -0.25) is 4.79 Å². The Kier molecular flexibility index (Phi) is 4.12. The zero-order chi connectivity index (χ0) is 17.4. The topological polar surface area (TPSA) is 85.8 Å². The van der Waals surface area contributed by atoms with E-state index < -0.39 is 0 Å². The fraction of sp³-hybridized carbons (Fsp3) is 0.294. The molecule has 1 aliphatic rings. The number of benzene rings is 1. The molecule has 1 amide bonds. The van der Waals surface area contributed by atoms with Gasteiger partial charge in [0.05, 0.1) is 17.9 Å². The second-order valence-corrected chi connectivity index (χ2v) is 7.01. The molecule has 1 N–H and O–H groups in total. The summed E-state index contributed by atoms with van der Waals surface area (Å²) in [5.74, 6) is 0.795. The third kappa shape index (κ3) is 3.34. The molecule has 2 aromatic heterocycles. The smallest absolute Gasteiger partial charge is 0.274 e. The van der Waals surface area contributed by atoms with E-state index >= 15 is 0 Å². The minimum absolute atomic E-state index is 0.245. The van der Waals surface area contributed by atoms with Crippen LogP contribution < -0.4 is 5.32 Å². The van der Waals surface area contributed by atoms with Crippen LogP contribution >= 0.6 is 15.9 Å². The molecule has 0 atom stereocenters. The third-order valence-corrected chi connectivity index (χ3v) is 4.59. The molecule has 1 aliphatic carbocycles. The molecule has 1 aromatic carbocycles. The molecule has 25 heavy (non-hydrogen) atoms. The lowest BCUT2D eigenvalue weighted by Gasteiger charge is -2.07. The molecule has 128 valence electrons. The lowest BCUT2D eigenvalue weighted by molar-refractivity contribution is 0.0944. The first kappa shape index (κ1) is 16.0. The van der Waals surface area contributed by atoms with Gasteiger partial charge in [0, 0.05) is 16.5 Å². The van der Waals surface area contributed by atoms with Gasteiger partial charge in [0.1, 0.15) is 11.5 Å². The average Bonchev–Trinajstić information content (AvgIpc) is 3.21. The van der Waals surface area contributed by atoms with E-state index in [-0.39, 0.29) is 5.91 Å². The summed E-state index contributed by atoms with van der Waals surface area (Å²) < 4.78 is 7.76. The van der Waals surface area contributed by atoms with Crippen LogP contribution in [0.5, 0.6) is 0 Å². The number of aromatic nitrogens is 4. The van der Waals surface area contributed by atoms with Crippen molar-refractivity contribution in [2.24, 2.45) is 0 Å². The van der Waals surface area contributed by atoms with Gasteiger partial charge in [0.15, 0.2) is 5.69 Å². The molecule has 0 saturated heterocycles. The Hall–Kier alpha value is -2.48. The number of carbonyl (C=O) groups excluding carboxylic acids is 1. The third-order valence-electron chi connectivity index (χ3n) is 4.06. The summed E-state index contributed by atoms with van der Waals surface area (Å²) in [5, 5.41) is 15.1. The second kappa shape index (κ2) is 6.44. The maximum atomic E-state index is 12.6. The molecule has 1 fully saturated rings. The van der Waals surface area contributed by atoms with E-state index in [0.29, 0.717) is 29.6 Å². The summed E-state index contributed by atoms with van der Waals surface area (Å²) in [5.41, 5.74) is 2.82. The monoisotopic (exact) mass is 401 g/mol. The molecule has 8 heteroatoms. The van der Waals surface area contributed by atoms with Crippen molar-refractivity contribution in [3.63, 3.8) is 0 Å². The van der Waals surface area contributed by atoms with Crippen LogP contribution in [-0.2, 0) is 6.54 Å². The Morgan fingerprint density at radius 1 is 1.36 bits per heavy atom. The molecule has 7 nitrogen and oxygen atoms in total. The quantitative estimate of drug-likeness (QED) is 0.709. The van der Waals surface area contributed by atoms with Crippen LogP contribution in [0.3, 0.4) is 0 Å². The van der Waals surface area contributed by atoms with Crippen LogP contribution in [-0.4, -0.2) is 26.1 Å². The molecule has 0 unspecified atom stereocenters. The summed E-state index contributed by atoms with van der Waals surface area (Å²) in [6, 6.07) is 9.58. The van der Waals surface area contributed by atoms with E-state index in [1.165, 1.54) is 0 Å². The number of hydrogen-bond acceptors (Lipinski definition) is 5. The van der Waals surface area contributed by atoms with E-state index in [1.807, 2.05) is 31.2 Å². The van der Waals surface area contributed by atoms with Crippen molar-refractivity contribution in [2.75, 3.05) is 0 Å². The number of aryl methyl sites for hydroxylation is 1. The SMILES string of the molecule is Cc1cc(CNC(=O)c2nnn(-c3ccc(Br)cc3)c2C2CC2)no1. The second-order valence-electron chi connectivity index (χ2n) is 6.10. The van der Waals surface area contributed by atoms with Gasteiger partial charge in [-0.15, -0.1) is 5.10 Å². The zero-order valence-corrected chi connectivity index (χ0v) is 15.2. The summed E-state index contributed by atoms with van der Waals surface area (Å²) in [4.78, 5) is 12.6. The standard InChI is InChI=1S/C17H16BrN5O2/c1-10-8-13(21-25-10)9-19-17(24)15-16(11-2-3-11)23(22-20-15)14-6-4-12(18)5-7-14/h4-8,11H,2-3,9H2,1H3,(H,19,24). The lowest BCUT2D eigenvalue weighted by Crippen LogP contribution is -2.24. The van der Waals surface area contributed by atoms with Gasteiger partial charge in [-0.1, -0.05) is 26.3 Å². The maximum absolute atomic E-state index is 12.6. The Morgan fingerprint density at radius 2 is 2.12 bits per heavy atom. The van der Waals surface area contributed by atoms with Crippen molar-refractivity contribution in [3.05, 3.63) is 57.6 Å². The fourth-order valence-electron chi connectivity index (χ4n) is 2.70. The summed E-state index contributed by atoms with van der Waals surface area (Å²) in [7, 11) is 0. The van der Waals surface area contributed by atoms with E-state index in [1.54, 1.807) is 10.7 Å². The molecule has 1 saturated carbocycles. The fourth-order valence-corrected chi connectivity index (χ4v) is 2.97. The van der Waals surface area contributed by atoms with Gasteiger partial charge in [-0.2, -0.15) is 0 Å². The zero-order valence-electron chi connectivity index (χ0n) is 13.6. The van der Waals surface area contributed by atoms with E-state index in [0.717, 1.165) is 28.7 Å². The first-order chi connectivity index (χ1) is 12.1. The van der Waals surface area contributed by atoms with Gasteiger partial charge in [0.2, 0.25) is 0 Å². The number of halogens is 1. The first-order valence-corrected chi connectivity index (χ1v) is 8.83. The van der Waals surface area contributed by atoms with Gasteiger partial charge in [-0.25, -0.2) is 4.68 Å². The summed E-state index contributed by atoms with van der Waals surface area (Å²) >= 11 is 3.43. The number of nitrogens with zero attached hydrogens (tertiary/aromatic N) is 4. The first-order valence-electron chi connectivity index (χ1n) is 8.04. The highest BCUT2D eigenvalue weighted by molar-refractivity contribution is 9.10. The Bertz CT molecular complexity index is 912. The Morgan fingerprint density at radius 3 is 2.76 bits per heavy atom. The number of hydrogen-bond donors (Lipinski definition) is 1. The van der Waals surface area contributed by atoms with E-state index in [4.69, 9.17) is 4.52 Å². The van der Waals surface area contributed by atoms with E-state index in [9.17, 15) is 4.79 Å². The van der Waals surface area contributed by atoms with Crippen LogP contribution in [0.15, 0.2) is 39.3 Å². The van der Waals surface area contributed by atoms with Gasteiger partial charge < -0.3 is 9.84 Å². The van der Waals surface area contributed by atoms with Crippen LogP contribution in [0.1, 0.15) is 46.4 Å². The van der Waals surface area contributed by atoms with Crippen molar-refractivity contribution >= 4 is 21.8 Å². The molecule has 3 aromatic rings. The predicted molar refractivity (Wildman–Crippen MR) is 93.4 cm³/mol. The van der Waals surface area contributed by atoms with Crippen LogP contribution in [0.2, 0.25) is 0 Å². The molecular weight excluding hydrogens is 386 g/mol. The van der Waals surface area contributed by atoms with Crippen molar-refractivity contribution in [2.45, 2.75) is 32.2 Å². The van der Waals surface area contributed by atoms with Crippen LogP contribution in [0.25, 0.3) is 5.69 Å². The van der Waals surface area contributed by atoms with Crippen LogP contribution in [0, 0.1) is 6.92 Å². The predicted octanol–water partition coefficient (Wildman–Crippen LogP) is 3.13. The molecule has 0 aliphatic heterocycles. The number of amides is 1. The van der Waals surface area contributed by atoms with E-state index in [2.05, 4.69) is 36.7 Å². The highest BCUT2D eigenvalue weighted by Gasteiger charge is 2.34. The van der Waals surface area contributed by atoms with Crippen molar-refractivity contribution in [1.82, 2.24) is 25.5 Å². The normalized spacial score (nSPS) is 13.8. The number of nitrogens with one attached hydrogen (secondary N) is 1. The largest absolute Gasteiger partial charge is 0.361 e. The highest BCUT2D eigenvalue weighted by Crippen LogP contribution is 2.42. The van der Waals surface area contributed by atoms with Crippen molar-refractivity contribution in [1.29, 1.82) is 0 Å². The molecule has 0 bridgehead atoms. The summed E-state index contributed by atoms with van der Waals surface area (Å²) in [6.45, 7) is 2.11. The minimum Gasteiger partial charge on any atom is -0.361 e. The molecule has 4 rings (SSSR count). The average molecular weight is 402 g/mol. The number of rotatable bonds is 5. The van der Waals surface area contributed by atoms with Crippen molar-refractivity contribution in [3.8, 4) is 5.69 Å². The molecular formula is C17H16BrN5O2.